The molecule has 8 heteroatoms. The molecule has 2 atom stereocenters. The fraction of sp³-hybridized carbons (Fsp3) is 0.860. The van der Waals surface area contributed by atoms with Gasteiger partial charge in [0.1, 0.15) is 12.6 Å². The molecular weight excluding hydrogens is 727 g/mol. The minimum Gasteiger partial charge on any atom is -0.544 e. The Kier molecular flexibility index (Phi) is 40.0. The van der Waals surface area contributed by atoms with Crippen LogP contribution in [0.25, 0.3) is 0 Å². The first-order valence-corrected chi connectivity index (χ1v) is 24.4. The van der Waals surface area contributed by atoms with E-state index in [1.807, 2.05) is 0 Å². The minimum atomic E-state index is -1.12. The number of nitrogens with zero attached hydrogens (tertiary/aromatic N) is 1. The number of carbonyl (C=O) groups is 3. The van der Waals surface area contributed by atoms with Crippen molar-refractivity contribution >= 4 is 17.9 Å². The lowest BCUT2D eigenvalue weighted by Gasteiger charge is -2.34. The fourth-order valence-corrected chi connectivity index (χ4v) is 7.28. The second-order valence-corrected chi connectivity index (χ2v) is 17.7. The lowest BCUT2D eigenvalue weighted by molar-refractivity contribution is -0.889. The van der Waals surface area contributed by atoms with E-state index < -0.39 is 18.1 Å². The molecule has 58 heavy (non-hydrogen) atoms. The molecule has 340 valence electrons. The Morgan fingerprint density at radius 3 is 1.33 bits per heavy atom. The van der Waals surface area contributed by atoms with Crippen LogP contribution in [0.15, 0.2) is 24.3 Å². The van der Waals surface area contributed by atoms with E-state index in [2.05, 4.69) is 38.2 Å². The molecule has 0 rings (SSSR count). The van der Waals surface area contributed by atoms with Crippen molar-refractivity contribution in [3.05, 3.63) is 24.3 Å². The lowest BCUT2D eigenvalue weighted by Crippen LogP contribution is -2.55. The highest BCUT2D eigenvalue weighted by atomic mass is 16.6. The van der Waals surface area contributed by atoms with Gasteiger partial charge in [-0.25, -0.2) is 0 Å². The molecule has 0 aliphatic heterocycles. The van der Waals surface area contributed by atoms with Crippen molar-refractivity contribution in [2.75, 3.05) is 41.0 Å². The average molecular weight is 820 g/mol. The molecule has 0 spiro atoms. The summed E-state index contributed by atoms with van der Waals surface area (Å²) in [6, 6.07) is -0.724. The average Bonchev–Trinajstić information content (AvgIpc) is 3.18. The highest BCUT2D eigenvalue weighted by Crippen LogP contribution is 2.15. The third-order valence-corrected chi connectivity index (χ3v) is 11.1. The number of esters is 2. The fourth-order valence-electron chi connectivity index (χ4n) is 7.28. The van der Waals surface area contributed by atoms with Crippen molar-refractivity contribution in [1.29, 1.82) is 0 Å². The van der Waals surface area contributed by atoms with E-state index in [1.165, 1.54) is 141 Å². The van der Waals surface area contributed by atoms with Crippen molar-refractivity contribution in [3.63, 3.8) is 0 Å². The highest BCUT2D eigenvalue weighted by molar-refractivity contribution is 5.70. The Morgan fingerprint density at radius 2 is 0.914 bits per heavy atom. The molecule has 0 aromatic carbocycles. The van der Waals surface area contributed by atoms with Gasteiger partial charge in [0.15, 0.2) is 6.10 Å². The molecule has 2 unspecified atom stereocenters. The molecule has 0 aliphatic carbocycles. The molecule has 0 heterocycles. The number of hydrogen-bond donors (Lipinski definition) is 0. The van der Waals surface area contributed by atoms with E-state index in [9.17, 15) is 19.5 Å². The molecule has 0 saturated heterocycles. The second kappa shape index (κ2) is 41.5. The van der Waals surface area contributed by atoms with Gasteiger partial charge in [-0.05, 0) is 44.9 Å². The number of ether oxygens (including phenoxy) is 3. The first kappa shape index (κ1) is 55.8. The number of carboxylic acid groups (broad SMARTS) is 1. The first-order chi connectivity index (χ1) is 28.1. The summed E-state index contributed by atoms with van der Waals surface area (Å²) in [5.74, 6) is -1.73. The summed E-state index contributed by atoms with van der Waals surface area (Å²) in [5.41, 5.74) is 0. The number of carboxylic acids is 1. The maximum Gasteiger partial charge on any atom is 0.306 e. The number of unbranched alkanes of at least 4 members (excludes halogenated alkanes) is 26. The van der Waals surface area contributed by atoms with Crippen molar-refractivity contribution < 1.29 is 38.2 Å². The maximum atomic E-state index is 12.7. The number of likely N-dealkylation sites (N-methyl/N-ethyl adjacent to an activating group) is 1. The summed E-state index contributed by atoms with van der Waals surface area (Å²) in [7, 11) is 5.41. The summed E-state index contributed by atoms with van der Waals surface area (Å²) >= 11 is 0. The van der Waals surface area contributed by atoms with Gasteiger partial charge in [-0.3, -0.25) is 9.59 Å². The van der Waals surface area contributed by atoms with Gasteiger partial charge in [0.25, 0.3) is 0 Å². The molecule has 0 aromatic rings. The summed E-state index contributed by atoms with van der Waals surface area (Å²) in [4.78, 5) is 36.9. The summed E-state index contributed by atoms with van der Waals surface area (Å²) in [5, 5.41) is 11.6. The molecule has 0 aromatic heterocycles. The molecule has 0 amide bonds. The van der Waals surface area contributed by atoms with Crippen LogP contribution in [0.3, 0.4) is 0 Å². The Balaban J connectivity index is 4.22. The highest BCUT2D eigenvalue weighted by Gasteiger charge is 2.25. The van der Waals surface area contributed by atoms with Crippen LogP contribution in [0, 0.1) is 0 Å². The predicted octanol–water partition coefficient (Wildman–Crippen LogP) is 12.3. The number of carbonyl (C=O) groups excluding carboxylic acids is 3. The van der Waals surface area contributed by atoms with Crippen LogP contribution in [-0.4, -0.2) is 75.5 Å². The SMILES string of the molecule is CCCCCCCCCCC/C=C/C/C=C/CCCCCCCCCC(=O)OC(COCCC(C(=O)[O-])[N+](C)(C)C)COC(=O)CCCCCCCCCCCCC. The molecule has 0 bridgehead atoms. The van der Waals surface area contributed by atoms with Crippen LogP contribution < -0.4 is 5.11 Å². The van der Waals surface area contributed by atoms with Crippen LogP contribution in [0.1, 0.15) is 226 Å². The third-order valence-electron chi connectivity index (χ3n) is 11.1. The smallest absolute Gasteiger partial charge is 0.306 e. The monoisotopic (exact) mass is 820 g/mol. The van der Waals surface area contributed by atoms with Crippen molar-refractivity contribution in [3.8, 4) is 0 Å². The zero-order chi connectivity index (χ0) is 42.8. The minimum absolute atomic E-state index is 0.0413. The Morgan fingerprint density at radius 1 is 0.517 bits per heavy atom. The van der Waals surface area contributed by atoms with Gasteiger partial charge in [0, 0.05) is 19.3 Å². The van der Waals surface area contributed by atoms with E-state index in [0.717, 1.165) is 51.4 Å². The quantitative estimate of drug-likeness (QED) is 0.0261. The Hall–Kier alpha value is -2.19. The predicted molar refractivity (Wildman–Crippen MR) is 240 cm³/mol. The van der Waals surface area contributed by atoms with Crippen LogP contribution in [0.2, 0.25) is 0 Å². The van der Waals surface area contributed by atoms with Crippen LogP contribution in [0.5, 0.6) is 0 Å². The molecule has 0 saturated carbocycles. The standard InChI is InChI=1S/C50H93NO7/c1-6-8-10-12-14-16-18-19-20-21-22-23-24-25-26-27-28-29-31-33-35-37-39-41-49(53)58-46(44-56-43-42-47(50(54)55)51(3,4)5)45-57-48(52)40-38-36-34-32-30-17-15-13-11-9-7-2/h22-23,25-26,46-47H,6-21,24,27-45H2,1-5H3/b23-22+,26-25+. The van der Waals surface area contributed by atoms with Crippen LogP contribution in [-0.2, 0) is 28.6 Å². The van der Waals surface area contributed by atoms with Crippen LogP contribution >= 0.6 is 0 Å². The van der Waals surface area contributed by atoms with E-state index in [4.69, 9.17) is 14.2 Å². The largest absolute Gasteiger partial charge is 0.544 e. The van der Waals surface area contributed by atoms with Crippen molar-refractivity contribution in [2.45, 2.75) is 238 Å². The Labute approximate surface area is 358 Å². The number of quaternary nitrogens is 1. The molecule has 0 aliphatic rings. The zero-order valence-electron chi connectivity index (χ0n) is 38.7. The van der Waals surface area contributed by atoms with Crippen molar-refractivity contribution in [2.24, 2.45) is 0 Å². The molecular formula is C50H93NO7. The summed E-state index contributed by atoms with van der Waals surface area (Å²) in [6.45, 7) is 4.67. The number of rotatable bonds is 44. The van der Waals surface area contributed by atoms with Crippen LogP contribution in [0.4, 0.5) is 0 Å². The normalized spacial score (nSPS) is 13.1. The van der Waals surface area contributed by atoms with Gasteiger partial charge >= 0.3 is 11.9 Å². The number of aliphatic carboxylic acids is 1. The molecule has 0 N–H and O–H groups in total. The van der Waals surface area contributed by atoms with Gasteiger partial charge < -0.3 is 28.6 Å². The number of allylic oxidation sites excluding steroid dienone is 4. The van der Waals surface area contributed by atoms with Gasteiger partial charge in [-0.2, -0.15) is 0 Å². The summed E-state index contributed by atoms with van der Waals surface area (Å²) in [6.07, 6.45) is 46.4. The number of hydrogen-bond acceptors (Lipinski definition) is 7. The van der Waals surface area contributed by atoms with Gasteiger partial charge in [-0.15, -0.1) is 0 Å². The van der Waals surface area contributed by atoms with E-state index in [-0.39, 0.29) is 42.7 Å². The molecule has 8 nitrogen and oxygen atoms in total. The maximum absolute atomic E-state index is 12.7. The van der Waals surface area contributed by atoms with Gasteiger partial charge in [-0.1, -0.05) is 186 Å². The zero-order valence-corrected chi connectivity index (χ0v) is 38.7. The third kappa shape index (κ3) is 39.3. The Bertz CT molecular complexity index is 1000. The second-order valence-electron chi connectivity index (χ2n) is 17.7. The van der Waals surface area contributed by atoms with Gasteiger partial charge in [0.2, 0.25) is 0 Å². The first-order valence-electron chi connectivity index (χ1n) is 24.4. The summed E-state index contributed by atoms with van der Waals surface area (Å²) < 4.78 is 17.2. The van der Waals surface area contributed by atoms with Gasteiger partial charge in [0.05, 0.1) is 40.3 Å². The molecule has 0 fully saturated rings. The van der Waals surface area contributed by atoms with Crippen molar-refractivity contribution in [1.82, 2.24) is 0 Å². The van der Waals surface area contributed by atoms with E-state index >= 15 is 0 Å². The van der Waals surface area contributed by atoms with E-state index in [1.54, 1.807) is 21.1 Å². The molecule has 0 radical (unpaired) electrons. The lowest BCUT2D eigenvalue weighted by atomic mass is 10.1. The van der Waals surface area contributed by atoms with E-state index in [0.29, 0.717) is 12.8 Å². The topological polar surface area (TPSA) is 102 Å².